The van der Waals surface area contributed by atoms with E-state index >= 15 is 0 Å². The summed E-state index contributed by atoms with van der Waals surface area (Å²) in [5.74, 6) is 0.671. The van der Waals surface area contributed by atoms with Gasteiger partial charge in [0.25, 0.3) is 0 Å². The van der Waals surface area contributed by atoms with Crippen LogP contribution >= 0.6 is 0 Å². The molecule has 0 saturated carbocycles. The van der Waals surface area contributed by atoms with Crippen molar-refractivity contribution in [3.63, 3.8) is 0 Å². The number of carbonyl (C=O) groups excluding carboxylic acids is 1. The quantitative estimate of drug-likeness (QED) is 0.646. The van der Waals surface area contributed by atoms with Crippen molar-refractivity contribution in [3.05, 3.63) is 59.7 Å². The van der Waals surface area contributed by atoms with Crippen molar-refractivity contribution in [2.45, 2.75) is 38.8 Å². The summed E-state index contributed by atoms with van der Waals surface area (Å²) in [6.45, 7) is 4.52. The number of ether oxygens (including phenoxy) is 1. The van der Waals surface area contributed by atoms with Gasteiger partial charge < -0.3 is 10.1 Å². The molecule has 2 rings (SSSR count). The minimum Gasteiger partial charge on any atom is -0.494 e. The van der Waals surface area contributed by atoms with E-state index in [0.29, 0.717) is 24.7 Å². The summed E-state index contributed by atoms with van der Waals surface area (Å²) < 4.78 is 44.3. The van der Waals surface area contributed by atoms with Gasteiger partial charge in [-0.2, -0.15) is 13.2 Å². The van der Waals surface area contributed by atoms with Crippen LogP contribution in [0.15, 0.2) is 48.5 Å². The van der Waals surface area contributed by atoms with Crippen molar-refractivity contribution < 1.29 is 22.7 Å². The van der Waals surface area contributed by atoms with Crippen LogP contribution in [-0.2, 0) is 11.0 Å². The molecule has 2 aromatic carbocycles. The first-order valence-corrected chi connectivity index (χ1v) is 8.46. The highest BCUT2D eigenvalue weighted by Crippen LogP contribution is 2.34. The van der Waals surface area contributed by atoms with Crippen LogP contribution in [0.4, 0.5) is 18.9 Å². The van der Waals surface area contributed by atoms with Crippen molar-refractivity contribution in [3.8, 4) is 5.75 Å². The number of para-hydroxylation sites is 1. The Morgan fingerprint density at radius 2 is 1.73 bits per heavy atom. The molecule has 1 amide bonds. The molecule has 1 N–H and O–H groups in total. The fourth-order valence-electron chi connectivity index (χ4n) is 2.42. The normalized spacial score (nSPS) is 11.5. The molecule has 0 heterocycles. The molecule has 0 atom stereocenters. The van der Waals surface area contributed by atoms with Crippen LogP contribution in [-0.4, -0.2) is 12.5 Å². The van der Waals surface area contributed by atoms with Crippen molar-refractivity contribution in [1.29, 1.82) is 0 Å². The number of nitrogens with one attached hydrogen (secondary N) is 1. The van der Waals surface area contributed by atoms with Gasteiger partial charge in [-0.1, -0.05) is 38.1 Å². The molecule has 0 aromatic heterocycles. The maximum absolute atomic E-state index is 12.9. The number of amides is 1. The predicted octanol–water partition coefficient (Wildman–Crippen LogP) is 5.63. The maximum atomic E-state index is 12.9. The molecule has 140 valence electrons. The molecule has 0 spiro atoms. The topological polar surface area (TPSA) is 38.3 Å². The average Bonchev–Trinajstić information content (AvgIpc) is 2.58. The van der Waals surface area contributed by atoms with Crippen molar-refractivity contribution in [2.75, 3.05) is 11.9 Å². The van der Waals surface area contributed by atoms with Gasteiger partial charge in [-0.05, 0) is 42.2 Å². The second kappa shape index (κ2) is 8.74. The number of anilines is 1. The van der Waals surface area contributed by atoms with E-state index in [4.69, 9.17) is 4.74 Å². The van der Waals surface area contributed by atoms with Crippen molar-refractivity contribution >= 4 is 11.6 Å². The zero-order valence-electron chi connectivity index (χ0n) is 14.8. The van der Waals surface area contributed by atoms with E-state index < -0.39 is 17.6 Å². The highest BCUT2D eigenvalue weighted by Gasteiger charge is 2.33. The van der Waals surface area contributed by atoms with E-state index in [1.165, 1.54) is 23.8 Å². The molecule has 2 aromatic rings. The van der Waals surface area contributed by atoms with E-state index in [9.17, 15) is 18.0 Å². The van der Waals surface area contributed by atoms with Gasteiger partial charge in [-0.25, -0.2) is 0 Å². The summed E-state index contributed by atoms with van der Waals surface area (Å²) in [6, 6.07) is 12.6. The molecule has 0 unspecified atom stereocenters. The summed E-state index contributed by atoms with van der Waals surface area (Å²) in [5.41, 5.74) is 0.130. The monoisotopic (exact) mass is 365 g/mol. The van der Waals surface area contributed by atoms with Crippen LogP contribution < -0.4 is 10.1 Å². The number of benzene rings is 2. The largest absolute Gasteiger partial charge is 0.494 e. The highest BCUT2D eigenvalue weighted by molar-refractivity contribution is 5.91. The summed E-state index contributed by atoms with van der Waals surface area (Å²) in [4.78, 5) is 11.9. The summed E-state index contributed by atoms with van der Waals surface area (Å²) in [6.07, 6.45) is -4.02. The van der Waals surface area contributed by atoms with Gasteiger partial charge in [0.05, 0.1) is 17.9 Å². The third-order valence-corrected chi connectivity index (χ3v) is 3.87. The molecule has 0 aliphatic rings. The van der Waals surface area contributed by atoms with Crippen LogP contribution in [0.5, 0.6) is 5.75 Å². The fraction of sp³-hybridized carbons (Fsp3) is 0.350. The molecule has 3 nitrogen and oxygen atoms in total. The Kier molecular flexibility index (Phi) is 6.66. The third kappa shape index (κ3) is 5.79. The van der Waals surface area contributed by atoms with Crippen LogP contribution in [0.1, 0.15) is 43.7 Å². The zero-order valence-corrected chi connectivity index (χ0v) is 14.8. The smallest absolute Gasteiger partial charge is 0.418 e. The van der Waals surface area contributed by atoms with E-state index in [2.05, 4.69) is 19.2 Å². The van der Waals surface area contributed by atoms with Gasteiger partial charge in [-0.3, -0.25) is 4.79 Å². The van der Waals surface area contributed by atoms with Gasteiger partial charge in [0.1, 0.15) is 5.75 Å². The second-order valence-electron chi connectivity index (χ2n) is 6.27. The van der Waals surface area contributed by atoms with Crippen LogP contribution in [0.2, 0.25) is 0 Å². The number of alkyl halides is 3. The minimum atomic E-state index is -4.50. The first-order valence-electron chi connectivity index (χ1n) is 8.46. The number of hydrogen-bond acceptors (Lipinski definition) is 2. The molecule has 0 fully saturated rings. The molecule has 6 heteroatoms. The molecule has 0 aliphatic carbocycles. The molecule has 0 aliphatic heterocycles. The number of hydrogen-bond donors (Lipinski definition) is 1. The van der Waals surface area contributed by atoms with E-state index in [1.807, 2.05) is 24.3 Å². The molecule has 0 bridgehead atoms. The van der Waals surface area contributed by atoms with Crippen LogP contribution in [0.25, 0.3) is 0 Å². The number of carbonyl (C=O) groups is 1. The lowest BCUT2D eigenvalue weighted by Crippen LogP contribution is -2.17. The first-order chi connectivity index (χ1) is 12.3. The first kappa shape index (κ1) is 19.8. The van der Waals surface area contributed by atoms with Crippen LogP contribution in [0, 0.1) is 0 Å². The molecular formula is C20H22F3NO2. The summed E-state index contributed by atoms with van der Waals surface area (Å²) >= 11 is 0. The van der Waals surface area contributed by atoms with Crippen LogP contribution in [0.3, 0.4) is 0 Å². The Bertz CT molecular complexity index is 725. The SMILES string of the molecule is CC(C)c1ccc(OCCCC(=O)Nc2ccccc2C(F)(F)F)cc1. The molecule has 0 radical (unpaired) electrons. The van der Waals surface area contributed by atoms with Gasteiger partial charge in [0, 0.05) is 6.42 Å². The Balaban J connectivity index is 1.79. The Morgan fingerprint density at radius 1 is 1.08 bits per heavy atom. The lowest BCUT2D eigenvalue weighted by atomic mass is 10.0. The molecule has 0 saturated heterocycles. The van der Waals surface area contributed by atoms with Gasteiger partial charge in [-0.15, -0.1) is 0 Å². The van der Waals surface area contributed by atoms with Gasteiger partial charge >= 0.3 is 6.18 Å². The second-order valence-corrected chi connectivity index (χ2v) is 6.27. The Hall–Kier alpha value is -2.50. The minimum absolute atomic E-state index is 0.0796. The lowest BCUT2D eigenvalue weighted by Gasteiger charge is -2.13. The number of rotatable bonds is 7. The predicted molar refractivity (Wildman–Crippen MR) is 95.3 cm³/mol. The molecule has 26 heavy (non-hydrogen) atoms. The van der Waals surface area contributed by atoms with Gasteiger partial charge in [0.15, 0.2) is 0 Å². The highest BCUT2D eigenvalue weighted by atomic mass is 19.4. The summed E-state index contributed by atoms with van der Waals surface area (Å²) in [5, 5.41) is 2.32. The number of halogens is 3. The van der Waals surface area contributed by atoms with Gasteiger partial charge in [0.2, 0.25) is 5.91 Å². The third-order valence-electron chi connectivity index (χ3n) is 3.87. The fourth-order valence-corrected chi connectivity index (χ4v) is 2.42. The van der Waals surface area contributed by atoms with Crippen molar-refractivity contribution in [2.24, 2.45) is 0 Å². The summed E-state index contributed by atoms with van der Waals surface area (Å²) in [7, 11) is 0. The average molecular weight is 365 g/mol. The van der Waals surface area contributed by atoms with Crippen molar-refractivity contribution in [1.82, 2.24) is 0 Å². The lowest BCUT2D eigenvalue weighted by molar-refractivity contribution is -0.137. The zero-order chi connectivity index (χ0) is 19.2. The standard InChI is InChI=1S/C20H22F3NO2/c1-14(2)15-9-11-16(12-10-15)26-13-5-8-19(25)24-18-7-4-3-6-17(18)20(21,22)23/h3-4,6-7,9-12,14H,5,8,13H2,1-2H3,(H,24,25). The van der Waals surface area contributed by atoms with E-state index in [0.717, 1.165) is 6.07 Å². The van der Waals surface area contributed by atoms with E-state index in [1.54, 1.807) is 0 Å². The maximum Gasteiger partial charge on any atom is 0.418 e. The van der Waals surface area contributed by atoms with E-state index in [-0.39, 0.29) is 12.1 Å². The Labute approximate surface area is 151 Å². The Morgan fingerprint density at radius 3 is 2.35 bits per heavy atom. The molecular weight excluding hydrogens is 343 g/mol.